The van der Waals surface area contributed by atoms with Crippen LogP contribution < -0.4 is 0 Å². The molecule has 1 N–H and O–H groups in total. The molecule has 2 aliphatic heterocycles. The van der Waals surface area contributed by atoms with E-state index >= 15 is 0 Å². The summed E-state index contributed by atoms with van der Waals surface area (Å²) in [5.74, 6) is 0.930. The van der Waals surface area contributed by atoms with Crippen molar-refractivity contribution in [2.75, 3.05) is 13.1 Å². The third-order valence-corrected chi connectivity index (χ3v) is 4.45. The molecule has 0 amide bonds. The summed E-state index contributed by atoms with van der Waals surface area (Å²) in [4.78, 5) is 6.70. The Morgan fingerprint density at radius 1 is 1.09 bits per heavy atom. The predicted octanol–water partition coefficient (Wildman–Crippen LogP) is 3.08. The van der Waals surface area contributed by atoms with Gasteiger partial charge >= 0.3 is 0 Å². The van der Waals surface area contributed by atoms with Gasteiger partial charge < -0.3 is 10.0 Å². The Morgan fingerprint density at radius 2 is 1.82 bits per heavy atom. The van der Waals surface area contributed by atoms with Gasteiger partial charge in [-0.2, -0.15) is 0 Å². The SMILES string of the molecule is Cc1ccc(C2(O)c3ccccc3C3=NCCCN32)cc1.Cl. The van der Waals surface area contributed by atoms with E-state index in [1.54, 1.807) is 0 Å². The van der Waals surface area contributed by atoms with Gasteiger partial charge in [0.1, 0.15) is 5.84 Å². The Morgan fingerprint density at radius 3 is 2.59 bits per heavy atom. The predicted molar refractivity (Wildman–Crippen MR) is 90.6 cm³/mol. The molecule has 0 radical (unpaired) electrons. The maximum atomic E-state index is 11.5. The molecule has 0 aliphatic carbocycles. The normalized spacial score (nSPS) is 22.5. The van der Waals surface area contributed by atoms with Crippen molar-refractivity contribution in [2.45, 2.75) is 19.1 Å². The van der Waals surface area contributed by atoms with E-state index in [-0.39, 0.29) is 12.4 Å². The number of aryl methyl sites for hydroxylation is 1. The molecule has 1 unspecified atom stereocenters. The summed E-state index contributed by atoms with van der Waals surface area (Å²) in [7, 11) is 0. The van der Waals surface area contributed by atoms with Gasteiger partial charge in [0.15, 0.2) is 5.72 Å². The van der Waals surface area contributed by atoms with E-state index in [1.807, 2.05) is 35.2 Å². The van der Waals surface area contributed by atoms with Gasteiger partial charge in [-0.3, -0.25) is 4.99 Å². The summed E-state index contributed by atoms with van der Waals surface area (Å²) in [5.41, 5.74) is 3.01. The first-order valence-corrected chi connectivity index (χ1v) is 7.43. The number of hydrogen-bond acceptors (Lipinski definition) is 3. The summed E-state index contributed by atoms with van der Waals surface area (Å²) in [5, 5.41) is 11.5. The molecule has 4 heteroatoms. The molecule has 0 aromatic heterocycles. The lowest BCUT2D eigenvalue weighted by Gasteiger charge is -2.37. The van der Waals surface area contributed by atoms with Gasteiger partial charge in [-0.05, 0) is 13.3 Å². The largest absolute Gasteiger partial charge is 0.363 e. The molecule has 3 nitrogen and oxygen atoms in total. The van der Waals surface area contributed by atoms with E-state index in [2.05, 4.69) is 30.1 Å². The van der Waals surface area contributed by atoms with Gasteiger partial charge in [-0.25, -0.2) is 0 Å². The van der Waals surface area contributed by atoms with Crippen molar-refractivity contribution in [2.24, 2.45) is 4.99 Å². The zero-order valence-electron chi connectivity index (χ0n) is 12.5. The lowest BCUT2D eigenvalue weighted by molar-refractivity contribution is -0.0317. The molecule has 2 heterocycles. The summed E-state index contributed by atoms with van der Waals surface area (Å²) >= 11 is 0. The molecule has 0 saturated carbocycles. The quantitative estimate of drug-likeness (QED) is 0.878. The first-order valence-electron chi connectivity index (χ1n) is 7.43. The first kappa shape index (κ1) is 15.1. The van der Waals surface area contributed by atoms with Crippen LogP contribution in [0.5, 0.6) is 0 Å². The number of halogens is 1. The first-order chi connectivity index (χ1) is 10.2. The average molecular weight is 315 g/mol. The maximum absolute atomic E-state index is 11.5. The number of aliphatic imine (C=N–C) groups is 1. The number of nitrogens with zero attached hydrogens (tertiary/aromatic N) is 2. The minimum absolute atomic E-state index is 0. The Balaban J connectivity index is 0.00000144. The highest BCUT2D eigenvalue weighted by Crippen LogP contribution is 2.43. The van der Waals surface area contributed by atoms with Crippen LogP contribution in [0.15, 0.2) is 53.5 Å². The average Bonchev–Trinajstić information content (AvgIpc) is 2.80. The van der Waals surface area contributed by atoms with Gasteiger partial charge in [0.2, 0.25) is 0 Å². The molecule has 2 aromatic carbocycles. The maximum Gasteiger partial charge on any atom is 0.193 e. The smallest absolute Gasteiger partial charge is 0.193 e. The lowest BCUT2D eigenvalue weighted by Crippen LogP contribution is -2.47. The van der Waals surface area contributed by atoms with E-state index in [9.17, 15) is 5.11 Å². The van der Waals surface area contributed by atoms with Crippen molar-refractivity contribution >= 4 is 18.2 Å². The third kappa shape index (κ3) is 1.97. The number of aliphatic hydroxyl groups is 1. The van der Waals surface area contributed by atoms with E-state index in [4.69, 9.17) is 0 Å². The highest BCUT2D eigenvalue weighted by molar-refractivity contribution is 6.04. The molecule has 2 aromatic rings. The lowest BCUT2D eigenvalue weighted by atomic mass is 9.93. The van der Waals surface area contributed by atoms with Gasteiger partial charge in [0.05, 0.1) is 0 Å². The van der Waals surface area contributed by atoms with E-state index in [1.165, 1.54) is 5.56 Å². The minimum atomic E-state index is -1.09. The van der Waals surface area contributed by atoms with Crippen molar-refractivity contribution in [3.63, 3.8) is 0 Å². The fourth-order valence-corrected chi connectivity index (χ4v) is 3.38. The molecular formula is C18H19ClN2O. The number of amidine groups is 1. The minimum Gasteiger partial charge on any atom is -0.363 e. The topological polar surface area (TPSA) is 35.8 Å². The third-order valence-electron chi connectivity index (χ3n) is 4.45. The Labute approximate surface area is 136 Å². The molecule has 1 atom stereocenters. The van der Waals surface area contributed by atoms with Crippen LogP contribution >= 0.6 is 12.4 Å². The second-order valence-corrected chi connectivity index (χ2v) is 5.79. The van der Waals surface area contributed by atoms with E-state index in [0.717, 1.165) is 42.0 Å². The van der Waals surface area contributed by atoms with E-state index < -0.39 is 5.72 Å². The van der Waals surface area contributed by atoms with Gasteiger partial charge in [-0.1, -0.05) is 54.1 Å². The molecule has 0 spiro atoms. The molecule has 0 bridgehead atoms. The summed E-state index contributed by atoms with van der Waals surface area (Å²) in [6.45, 7) is 3.73. The second-order valence-electron chi connectivity index (χ2n) is 5.79. The number of fused-ring (bicyclic) bond motifs is 3. The summed E-state index contributed by atoms with van der Waals surface area (Å²) < 4.78 is 0. The van der Waals surface area contributed by atoms with Crippen molar-refractivity contribution in [3.8, 4) is 0 Å². The summed E-state index contributed by atoms with van der Waals surface area (Å²) in [6, 6.07) is 16.2. The van der Waals surface area contributed by atoms with Crippen molar-refractivity contribution < 1.29 is 5.11 Å². The molecular weight excluding hydrogens is 296 g/mol. The van der Waals surface area contributed by atoms with Crippen LogP contribution in [-0.2, 0) is 5.72 Å². The summed E-state index contributed by atoms with van der Waals surface area (Å²) in [6.07, 6.45) is 0.978. The van der Waals surface area contributed by atoms with Crippen LogP contribution in [0.25, 0.3) is 0 Å². The zero-order valence-corrected chi connectivity index (χ0v) is 13.3. The fraction of sp³-hybridized carbons (Fsp3) is 0.278. The number of benzene rings is 2. The van der Waals surface area contributed by atoms with Gasteiger partial charge in [-0.15, -0.1) is 12.4 Å². The Bertz CT molecular complexity index is 726. The molecule has 0 saturated heterocycles. The van der Waals surface area contributed by atoms with Gasteiger partial charge in [0.25, 0.3) is 0 Å². The number of rotatable bonds is 1. The van der Waals surface area contributed by atoms with Crippen LogP contribution in [-0.4, -0.2) is 28.9 Å². The monoisotopic (exact) mass is 314 g/mol. The fourth-order valence-electron chi connectivity index (χ4n) is 3.38. The number of hydrogen-bond donors (Lipinski definition) is 1. The Hall–Kier alpha value is -1.84. The van der Waals surface area contributed by atoms with Crippen LogP contribution in [0, 0.1) is 6.92 Å². The van der Waals surface area contributed by atoms with Gasteiger partial charge in [0, 0.05) is 29.8 Å². The second kappa shape index (κ2) is 5.41. The van der Waals surface area contributed by atoms with Crippen LogP contribution in [0.2, 0.25) is 0 Å². The molecule has 22 heavy (non-hydrogen) atoms. The van der Waals surface area contributed by atoms with Crippen molar-refractivity contribution in [1.29, 1.82) is 0 Å². The van der Waals surface area contributed by atoms with Crippen molar-refractivity contribution in [1.82, 2.24) is 4.90 Å². The van der Waals surface area contributed by atoms with Crippen LogP contribution in [0.1, 0.15) is 28.7 Å². The van der Waals surface area contributed by atoms with Crippen LogP contribution in [0.3, 0.4) is 0 Å². The zero-order chi connectivity index (χ0) is 14.4. The van der Waals surface area contributed by atoms with E-state index in [0.29, 0.717) is 0 Å². The Kier molecular flexibility index (Phi) is 3.71. The van der Waals surface area contributed by atoms with Crippen LogP contribution in [0.4, 0.5) is 0 Å². The molecule has 114 valence electrons. The highest BCUT2D eigenvalue weighted by atomic mass is 35.5. The highest BCUT2D eigenvalue weighted by Gasteiger charge is 2.48. The van der Waals surface area contributed by atoms with Crippen molar-refractivity contribution in [3.05, 3.63) is 70.8 Å². The molecule has 4 rings (SSSR count). The molecule has 0 fully saturated rings. The standard InChI is InChI=1S/C18H18N2O.ClH/c1-13-7-9-14(10-8-13)18(21)16-6-3-2-5-15(16)17-19-11-4-12-20(17)18;/h2-3,5-10,21H,4,11-12H2,1H3;1H. The molecule has 2 aliphatic rings.